The molecule has 2 aromatic carbocycles. The fraction of sp³-hybridized carbons (Fsp3) is 0.526. The van der Waals surface area contributed by atoms with E-state index in [0.717, 1.165) is 43.4 Å². The molecule has 1 amide bonds. The fourth-order valence-electron chi connectivity index (χ4n) is 11.3. The van der Waals surface area contributed by atoms with E-state index in [4.69, 9.17) is 4.74 Å². The zero-order chi connectivity index (χ0) is 32.3. The van der Waals surface area contributed by atoms with Crippen molar-refractivity contribution in [3.05, 3.63) is 95.1 Å². The number of benzene rings is 2. The van der Waals surface area contributed by atoms with Crippen LogP contribution in [0.1, 0.15) is 80.3 Å². The molecule has 2 bridgehead atoms. The Morgan fingerprint density at radius 1 is 0.957 bits per heavy atom. The summed E-state index contributed by atoms with van der Waals surface area (Å²) in [6.07, 6.45) is 6.08. The van der Waals surface area contributed by atoms with E-state index in [1.165, 1.54) is 12.1 Å². The number of halogens is 3. The van der Waals surface area contributed by atoms with E-state index < -0.39 is 39.7 Å². The quantitative estimate of drug-likeness (QED) is 0.273. The Kier molecular flexibility index (Phi) is 6.25. The average Bonchev–Trinajstić information content (AvgIpc) is 3.51. The monoisotopic (exact) mass is 631 g/mol. The molecule has 0 radical (unpaired) electrons. The van der Waals surface area contributed by atoms with Crippen molar-refractivity contribution in [2.45, 2.75) is 83.2 Å². The first-order chi connectivity index (χ1) is 21.8. The van der Waals surface area contributed by atoms with Gasteiger partial charge < -0.3 is 9.84 Å². The van der Waals surface area contributed by atoms with Crippen LogP contribution in [0.15, 0.2) is 78.4 Å². The second-order valence-electron chi connectivity index (χ2n) is 15.4. The minimum Gasteiger partial charge on any atom is -0.440 e. The summed E-state index contributed by atoms with van der Waals surface area (Å²) in [5.41, 5.74) is -1.90. The SMILES string of the molecule is C[C@]12CC[C@H]3[C@]4(C=C[C@@]5(C=C4C(=O)c4cccc(C(F)(F)F)c4)C[C@@H](O)CC[C@]35C)[C@@H]1CC[C@@]21CN(Cc2ccccc2)C(=O)O1. The largest absolute Gasteiger partial charge is 0.440 e. The zero-order valence-corrected chi connectivity index (χ0v) is 26.3. The van der Waals surface area contributed by atoms with Crippen LogP contribution >= 0.6 is 0 Å². The number of allylic oxidation sites excluding steroid dienone is 4. The van der Waals surface area contributed by atoms with Gasteiger partial charge in [0.05, 0.1) is 18.2 Å². The third-order valence-corrected chi connectivity index (χ3v) is 13.6. The maximum atomic E-state index is 14.7. The van der Waals surface area contributed by atoms with Crippen LogP contribution in [0.25, 0.3) is 0 Å². The highest BCUT2D eigenvalue weighted by Gasteiger charge is 2.76. The van der Waals surface area contributed by atoms with Crippen LogP contribution in [0.3, 0.4) is 0 Å². The van der Waals surface area contributed by atoms with Crippen LogP contribution < -0.4 is 0 Å². The summed E-state index contributed by atoms with van der Waals surface area (Å²) in [6.45, 7) is 5.44. The molecule has 3 saturated carbocycles. The Hall–Kier alpha value is -3.39. The number of ketones is 1. The molecule has 242 valence electrons. The molecule has 0 unspecified atom stereocenters. The van der Waals surface area contributed by atoms with Crippen molar-refractivity contribution in [2.75, 3.05) is 6.54 Å². The van der Waals surface area contributed by atoms with Crippen molar-refractivity contribution in [1.29, 1.82) is 0 Å². The Morgan fingerprint density at radius 3 is 2.43 bits per heavy atom. The van der Waals surface area contributed by atoms with Gasteiger partial charge in [0.25, 0.3) is 0 Å². The van der Waals surface area contributed by atoms with E-state index in [2.05, 4.69) is 26.0 Å². The average molecular weight is 632 g/mol. The number of nitrogens with zero attached hydrogens (tertiary/aromatic N) is 1. The number of aliphatic hydroxyl groups is 1. The number of hydrogen-bond acceptors (Lipinski definition) is 4. The van der Waals surface area contributed by atoms with Gasteiger partial charge in [-0.05, 0) is 79.9 Å². The van der Waals surface area contributed by atoms with Crippen molar-refractivity contribution in [2.24, 2.45) is 33.5 Å². The van der Waals surface area contributed by atoms with Gasteiger partial charge in [0, 0.05) is 33.9 Å². The first-order valence-corrected chi connectivity index (χ1v) is 16.6. The Balaban J connectivity index is 1.24. The number of carbonyl (C=O) groups is 2. The van der Waals surface area contributed by atoms with E-state index in [1.54, 1.807) is 4.90 Å². The molecule has 6 aliphatic carbocycles. The molecule has 9 rings (SSSR count). The number of Topliss-reactive ketones (excluding diaryl/α,β-unsaturated/α-hetero) is 1. The molecule has 0 aromatic heterocycles. The molecule has 1 N–H and O–H groups in total. The van der Waals surface area contributed by atoms with E-state index >= 15 is 0 Å². The summed E-state index contributed by atoms with van der Waals surface area (Å²) in [5, 5.41) is 10.9. The third kappa shape index (κ3) is 3.79. The van der Waals surface area contributed by atoms with Crippen LogP contribution in [-0.2, 0) is 17.5 Å². The second-order valence-corrected chi connectivity index (χ2v) is 15.4. The van der Waals surface area contributed by atoms with Gasteiger partial charge in [0.2, 0.25) is 0 Å². The molecule has 1 aliphatic heterocycles. The van der Waals surface area contributed by atoms with Gasteiger partial charge in [-0.3, -0.25) is 9.69 Å². The number of fused-ring (bicyclic) bond motifs is 2. The van der Waals surface area contributed by atoms with E-state index in [0.29, 0.717) is 37.9 Å². The summed E-state index contributed by atoms with van der Waals surface area (Å²) in [4.78, 5) is 29.9. The lowest BCUT2D eigenvalue weighted by molar-refractivity contribution is -0.164. The van der Waals surface area contributed by atoms with Crippen molar-refractivity contribution in [1.82, 2.24) is 4.90 Å². The normalized spacial score (nSPS) is 40.7. The van der Waals surface area contributed by atoms with Gasteiger partial charge in [-0.2, -0.15) is 13.2 Å². The summed E-state index contributed by atoms with van der Waals surface area (Å²) >= 11 is 0. The van der Waals surface area contributed by atoms with Crippen molar-refractivity contribution in [3.8, 4) is 0 Å². The van der Waals surface area contributed by atoms with Crippen LogP contribution in [-0.4, -0.2) is 40.1 Å². The lowest BCUT2D eigenvalue weighted by Crippen LogP contribution is -2.67. The number of carbonyl (C=O) groups excluding carboxylic acids is 2. The molecule has 2 aromatic rings. The molecule has 8 atom stereocenters. The number of amides is 1. The molecule has 7 aliphatic rings. The minimum absolute atomic E-state index is 0.0333. The predicted molar refractivity (Wildman–Crippen MR) is 165 cm³/mol. The molecular formula is C38H40F3NO4. The topological polar surface area (TPSA) is 66.8 Å². The van der Waals surface area contributed by atoms with Crippen LogP contribution in [0.5, 0.6) is 0 Å². The molecule has 5 nitrogen and oxygen atoms in total. The van der Waals surface area contributed by atoms with Gasteiger partial charge in [-0.1, -0.05) is 74.5 Å². The fourth-order valence-corrected chi connectivity index (χ4v) is 11.3. The third-order valence-electron chi connectivity index (χ3n) is 13.6. The lowest BCUT2D eigenvalue weighted by atomic mass is 9.32. The highest BCUT2D eigenvalue weighted by molar-refractivity contribution is 6.10. The maximum Gasteiger partial charge on any atom is 0.416 e. The lowest BCUT2D eigenvalue weighted by Gasteiger charge is -2.71. The van der Waals surface area contributed by atoms with Crippen LogP contribution in [0, 0.1) is 33.5 Å². The highest BCUT2D eigenvalue weighted by atomic mass is 19.4. The first kappa shape index (κ1) is 30.0. The van der Waals surface area contributed by atoms with Crippen LogP contribution in [0.4, 0.5) is 18.0 Å². The number of hydrogen-bond donors (Lipinski definition) is 1. The van der Waals surface area contributed by atoms with Crippen molar-refractivity contribution < 1.29 is 32.6 Å². The molecular weight excluding hydrogens is 591 g/mol. The van der Waals surface area contributed by atoms with Gasteiger partial charge >= 0.3 is 12.3 Å². The van der Waals surface area contributed by atoms with Crippen LogP contribution in [0.2, 0.25) is 0 Å². The number of aliphatic hydroxyl groups excluding tert-OH is 1. The van der Waals surface area contributed by atoms with E-state index in [9.17, 15) is 27.9 Å². The Bertz CT molecular complexity index is 1690. The summed E-state index contributed by atoms with van der Waals surface area (Å²) < 4.78 is 47.8. The first-order valence-electron chi connectivity index (χ1n) is 16.6. The van der Waals surface area contributed by atoms with Gasteiger partial charge in [-0.25, -0.2) is 4.79 Å². The van der Waals surface area contributed by atoms with Gasteiger partial charge in [0.1, 0.15) is 5.60 Å². The summed E-state index contributed by atoms with van der Waals surface area (Å²) in [6, 6.07) is 14.6. The standard InChI is InChI=1S/C38H40F3NO4/c1-33-14-11-27(43)20-35(33)17-18-37(28(21-35)31(44)25-9-6-10-26(19-25)38(39,40)41)29(33)12-15-34(2)30(37)13-16-36(34)23-42(32(45)46-36)22-24-7-4-3-5-8-24/h3-10,17-19,21,27,29-30,43H,11-16,20,22-23H2,1-2H3/t27-,29+,30+,33+,34-,35-,36+,37+/m0/s1. The van der Waals surface area contributed by atoms with Crippen molar-refractivity contribution >= 4 is 11.9 Å². The van der Waals surface area contributed by atoms with Gasteiger partial charge in [0.15, 0.2) is 5.78 Å². The smallest absolute Gasteiger partial charge is 0.416 e. The Morgan fingerprint density at radius 2 is 1.67 bits per heavy atom. The molecule has 3 spiro atoms. The van der Waals surface area contributed by atoms with E-state index in [-0.39, 0.29) is 34.7 Å². The molecule has 46 heavy (non-hydrogen) atoms. The number of rotatable bonds is 4. The zero-order valence-electron chi connectivity index (χ0n) is 26.3. The van der Waals surface area contributed by atoms with E-state index in [1.807, 2.05) is 36.4 Å². The molecule has 8 heteroatoms. The molecule has 1 saturated heterocycles. The second kappa shape index (κ2) is 9.59. The summed E-state index contributed by atoms with van der Waals surface area (Å²) in [7, 11) is 0. The molecule has 1 heterocycles. The predicted octanol–water partition coefficient (Wildman–Crippen LogP) is 8.14. The minimum atomic E-state index is -4.57. The van der Waals surface area contributed by atoms with Gasteiger partial charge in [-0.15, -0.1) is 0 Å². The number of alkyl halides is 3. The summed E-state index contributed by atoms with van der Waals surface area (Å²) in [5.74, 6) is -0.360. The highest BCUT2D eigenvalue weighted by Crippen LogP contribution is 2.79. The number of ether oxygens (including phenoxy) is 1. The Labute approximate surface area is 267 Å². The molecule has 4 fully saturated rings. The van der Waals surface area contributed by atoms with Crippen molar-refractivity contribution in [3.63, 3.8) is 0 Å². The maximum absolute atomic E-state index is 14.7.